The molecule has 1 aromatic heterocycles. The van der Waals surface area contributed by atoms with E-state index in [9.17, 15) is 9.18 Å². The molecule has 0 aliphatic carbocycles. The number of rotatable bonds is 2. The van der Waals surface area contributed by atoms with Crippen LogP contribution in [0.25, 0.3) is 0 Å². The number of aryl methyl sites for hydroxylation is 1. The van der Waals surface area contributed by atoms with E-state index in [0.29, 0.717) is 6.54 Å². The Labute approximate surface area is 123 Å². The largest absolute Gasteiger partial charge is 0.331 e. The summed E-state index contributed by atoms with van der Waals surface area (Å²) in [7, 11) is 0. The van der Waals surface area contributed by atoms with Crippen LogP contribution in [0.4, 0.5) is 4.39 Å². The first-order valence-electron chi connectivity index (χ1n) is 7.14. The molecule has 0 radical (unpaired) electrons. The molecule has 2 heterocycles. The third kappa shape index (κ3) is 2.66. The van der Waals surface area contributed by atoms with E-state index in [1.807, 2.05) is 19.1 Å². The Bertz CT molecular complexity index is 657. The van der Waals surface area contributed by atoms with Gasteiger partial charge in [-0.25, -0.2) is 4.39 Å². The van der Waals surface area contributed by atoms with Crippen LogP contribution in [-0.2, 0) is 0 Å². The van der Waals surface area contributed by atoms with Crippen molar-refractivity contribution in [3.63, 3.8) is 0 Å². The molecule has 21 heavy (non-hydrogen) atoms. The zero-order valence-corrected chi connectivity index (χ0v) is 11.9. The Hall–Kier alpha value is -2.23. The smallest absolute Gasteiger partial charge is 0.257 e. The maximum absolute atomic E-state index is 14.0. The van der Waals surface area contributed by atoms with Gasteiger partial charge < -0.3 is 4.90 Å². The summed E-state index contributed by atoms with van der Waals surface area (Å²) in [5.41, 5.74) is 1.97. The normalized spacial score (nSPS) is 18.0. The van der Waals surface area contributed by atoms with Crippen molar-refractivity contribution in [2.24, 2.45) is 0 Å². The summed E-state index contributed by atoms with van der Waals surface area (Å²) in [4.78, 5) is 18.5. The van der Waals surface area contributed by atoms with Crippen LogP contribution in [0.2, 0.25) is 0 Å². The van der Waals surface area contributed by atoms with Crippen LogP contribution in [0.15, 0.2) is 42.7 Å². The van der Waals surface area contributed by atoms with Gasteiger partial charge in [0.1, 0.15) is 5.82 Å². The zero-order chi connectivity index (χ0) is 14.8. The summed E-state index contributed by atoms with van der Waals surface area (Å²) >= 11 is 0. The van der Waals surface area contributed by atoms with Gasteiger partial charge >= 0.3 is 0 Å². The van der Waals surface area contributed by atoms with E-state index in [1.54, 1.807) is 29.4 Å². The van der Waals surface area contributed by atoms with Crippen molar-refractivity contribution in [2.75, 3.05) is 6.54 Å². The molecule has 0 spiro atoms. The van der Waals surface area contributed by atoms with Crippen molar-refractivity contribution < 1.29 is 9.18 Å². The summed E-state index contributed by atoms with van der Waals surface area (Å²) < 4.78 is 14.0. The van der Waals surface area contributed by atoms with Crippen LogP contribution in [0.1, 0.15) is 40.4 Å². The van der Waals surface area contributed by atoms with Crippen LogP contribution < -0.4 is 0 Å². The van der Waals surface area contributed by atoms with E-state index >= 15 is 0 Å². The summed E-state index contributed by atoms with van der Waals surface area (Å²) in [5.74, 6) is -0.685. The average Bonchev–Trinajstić information content (AvgIpc) is 2.97. The van der Waals surface area contributed by atoms with Crippen LogP contribution >= 0.6 is 0 Å². The van der Waals surface area contributed by atoms with Gasteiger partial charge in [-0.3, -0.25) is 9.78 Å². The van der Waals surface area contributed by atoms with Crippen molar-refractivity contribution in [3.05, 3.63) is 65.2 Å². The molecule has 0 N–H and O–H groups in total. The van der Waals surface area contributed by atoms with E-state index in [4.69, 9.17) is 0 Å². The van der Waals surface area contributed by atoms with E-state index in [-0.39, 0.29) is 17.5 Å². The predicted molar refractivity (Wildman–Crippen MR) is 78.4 cm³/mol. The molecule has 1 atom stereocenters. The van der Waals surface area contributed by atoms with Gasteiger partial charge in [-0.05, 0) is 49.1 Å². The molecule has 1 fully saturated rings. The third-order valence-electron chi connectivity index (χ3n) is 3.94. The molecule has 4 heteroatoms. The van der Waals surface area contributed by atoms with Crippen molar-refractivity contribution in [2.45, 2.75) is 25.8 Å². The number of aromatic nitrogens is 1. The molecule has 1 aliphatic rings. The summed E-state index contributed by atoms with van der Waals surface area (Å²) in [6.45, 7) is 2.47. The number of halogens is 1. The van der Waals surface area contributed by atoms with Gasteiger partial charge in [0, 0.05) is 18.9 Å². The zero-order valence-electron chi connectivity index (χ0n) is 11.9. The minimum Gasteiger partial charge on any atom is -0.331 e. The second kappa shape index (κ2) is 5.64. The predicted octanol–water partition coefficient (Wildman–Crippen LogP) is 3.51. The molecule has 1 saturated heterocycles. The SMILES string of the molecule is Cc1ccc(C(=O)N2CCCC2c2cccnc2)c(F)c1. The fourth-order valence-electron chi connectivity index (χ4n) is 2.88. The third-order valence-corrected chi connectivity index (χ3v) is 3.94. The Kier molecular flexibility index (Phi) is 3.69. The van der Waals surface area contributed by atoms with Crippen LogP contribution in [0.5, 0.6) is 0 Å². The number of nitrogens with zero attached hydrogens (tertiary/aromatic N) is 2. The molecule has 0 bridgehead atoms. The van der Waals surface area contributed by atoms with E-state index in [0.717, 1.165) is 24.0 Å². The number of amides is 1. The molecule has 3 rings (SSSR count). The quantitative estimate of drug-likeness (QED) is 0.845. The molecule has 108 valence electrons. The number of carbonyl (C=O) groups excluding carboxylic acids is 1. The molecular weight excluding hydrogens is 267 g/mol. The molecule has 1 aromatic carbocycles. The molecule has 1 amide bonds. The van der Waals surface area contributed by atoms with Gasteiger partial charge in [0.2, 0.25) is 0 Å². The lowest BCUT2D eigenvalue weighted by Gasteiger charge is -2.25. The summed E-state index contributed by atoms with van der Waals surface area (Å²) in [6, 6.07) is 8.57. The lowest BCUT2D eigenvalue weighted by molar-refractivity contribution is 0.0730. The maximum Gasteiger partial charge on any atom is 0.257 e. The maximum atomic E-state index is 14.0. The highest BCUT2D eigenvalue weighted by atomic mass is 19.1. The number of hydrogen-bond acceptors (Lipinski definition) is 2. The molecule has 1 unspecified atom stereocenters. The standard InChI is InChI=1S/C17H17FN2O/c1-12-6-7-14(15(18)10-12)17(21)20-9-3-5-16(20)13-4-2-8-19-11-13/h2,4,6-8,10-11,16H,3,5,9H2,1H3. The highest BCUT2D eigenvalue weighted by molar-refractivity contribution is 5.95. The molecule has 3 nitrogen and oxygen atoms in total. The number of hydrogen-bond donors (Lipinski definition) is 0. The van der Waals surface area contributed by atoms with Crippen molar-refractivity contribution in [1.29, 1.82) is 0 Å². The number of pyridine rings is 1. The van der Waals surface area contributed by atoms with E-state index < -0.39 is 5.82 Å². The number of carbonyl (C=O) groups is 1. The number of likely N-dealkylation sites (tertiary alicyclic amines) is 1. The Balaban J connectivity index is 1.90. The van der Waals surface area contributed by atoms with E-state index in [2.05, 4.69) is 4.98 Å². The minimum absolute atomic E-state index is 0.00750. The van der Waals surface area contributed by atoms with Crippen molar-refractivity contribution >= 4 is 5.91 Å². The van der Waals surface area contributed by atoms with Crippen molar-refractivity contribution in [1.82, 2.24) is 9.88 Å². The Morgan fingerprint density at radius 2 is 2.24 bits per heavy atom. The van der Waals surface area contributed by atoms with E-state index in [1.165, 1.54) is 6.07 Å². The lowest BCUT2D eigenvalue weighted by atomic mass is 10.1. The molecule has 0 saturated carbocycles. The van der Waals surface area contributed by atoms with Gasteiger partial charge in [-0.1, -0.05) is 12.1 Å². The second-order valence-electron chi connectivity index (χ2n) is 5.43. The first-order valence-corrected chi connectivity index (χ1v) is 7.14. The van der Waals surface area contributed by atoms with Crippen LogP contribution in [-0.4, -0.2) is 22.3 Å². The van der Waals surface area contributed by atoms with Crippen molar-refractivity contribution in [3.8, 4) is 0 Å². The molecular formula is C17H17FN2O. The topological polar surface area (TPSA) is 33.2 Å². The number of benzene rings is 1. The Morgan fingerprint density at radius 3 is 2.95 bits per heavy atom. The van der Waals surface area contributed by atoms with Gasteiger partial charge in [0.25, 0.3) is 5.91 Å². The van der Waals surface area contributed by atoms with Gasteiger partial charge in [0.05, 0.1) is 11.6 Å². The molecule has 1 aliphatic heterocycles. The average molecular weight is 284 g/mol. The first kappa shape index (κ1) is 13.7. The van der Waals surface area contributed by atoms with Gasteiger partial charge in [0.15, 0.2) is 0 Å². The first-order chi connectivity index (χ1) is 10.2. The second-order valence-corrected chi connectivity index (χ2v) is 5.43. The highest BCUT2D eigenvalue weighted by Gasteiger charge is 2.31. The molecule has 2 aromatic rings. The lowest BCUT2D eigenvalue weighted by Crippen LogP contribution is -2.31. The fourth-order valence-corrected chi connectivity index (χ4v) is 2.88. The Morgan fingerprint density at radius 1 is 1.38 bits per heavy atom. The van der Waals surface area contributed by atoms with Crippen LogP contribution in [0.3, 0.4) is 0 Å². The minimum atomic E-state index is -0.447. The van der Waals surface area contributed by atoms with Crippen LogP contribution in [0, 0.1) is 12.7 Å². The monoisotopic (exact) mass is 284 g/mol. The summed E-state index contributed by atoms with van der Waals surface area (Å²) in [6.07, 6.45) is 5.32. The summed E-state index contributed by atoms with van der Waals surface area (Å²) in [5, 5.41) is 0. The van der Waals surface area contributed by atoms with Gasteiger partial charge in [-0.2, -0.15) is 0 Å². The van der Waals surface area contributed by atoms with Gasteiger partial charge in [-0.15, -0.1) is 0 Å². The highest BCUT2D eigenvalue weighted by Crippen LogP contribution is 2.33. The fraction of sp³-hybridized carbons (Fsp3) is 0.294.